The van der Waals surface area contributed by atoms with E-state index in [1.807, 2.05) is 6.07 Å². The molecule has 1 heterocycles. The van der Waals surface area contributed by atoms with Crippen molar-refractivity contribution < 1.29 is 39.1 Å². The number of esters is 1. The van der Waals surface area contributed by atoms with Crippen LogP contribution in [0.5, 0.6) is 5.75 Å². The number of ether oxygens (including phenoxy) is 3. The van der Waals surface area contributed by atoms with Crippen molar-refractivity contribution >= 4 is 17.8 Å². The molecule has 0 radical (unpaired) electrons. The fourth-order valence-corrected chi connectivity index (χ4v) is 4.60. The number of aromatic hydroxyl groups is 1. The van der Waals surface area contributed by atoms with Crippen molar-refractivity contribution in [3.8, 4) is 5.75 Å². The number of benzene rings is 3. The van der Waals surface area contributed by atoms with E-state index in [0.29, 0.717) is 16.7 Å². The van der Waals surface area contributed by atoms with Gasteiger partial charge in [-0.25, -0.2) is 4.79 Å². The van der Waals surface area contributed by atoms with Gasteiger partial charge in [-0.15, -0.1) is 0 Å². The van der Waals surface area contributed by atoms with Crippen molar-refractivity contribution in [2.45, 2.75) is 63.6 Å². The minimum atomic E-state index is -1.46. The molecule has 0 aliphatic carbocycles. The fourth-order valence-electron chi connectivity index (χ4n) is 4.60. The van der Waals surface area contributed by atoms with Gasteiger partial charge < -0.3 is 34.8 Å². The summed E-state index contributed by atoms with van der Waals surface area (Å²) >= 11 is 0. The Morgan fingerprint density at radius 2 is 1.62 bits per heavy atom. The molecule has 0 bridgehead atoms. The summed E-state index contributed by atoms with van der Waals surface area (Å²) in [4.78, 5) is 28.7. The first kappa shape index (κ1) is 33.2. The predicted octanol–water partition coefficient (Wildman–Crippen LogP) is 4.24. The monoisotopic (exact) mass is 616 g/mol. The third-order valence-corrected chi connectivity index (χ3v) is 6.85. The molecule has 236 valence electrons. The minimum Gasteiger partial charge on any atom is -0.508 e. The second kappa shape index (κ2) is 14.8. The molecule has 1 fully saturated rings. The van der Waals surface area contributed by atoms with Crippen LogP contribution in [0.2, 0.25) is 0 Å². The molecule has 1 saturated heterocycles. The molecule has 4 N–H and O–H groups in total. The van der Waals surface area contributed by atoms with Crippen LogP contribution < -0.4 is 5.32 Å². The topological polar surface area (TPSA) is 183 Å². The number of carbonyl (C=O) groups excluding carboxylic acids is 2. The highest BCUT2D eigenvalue weighted by molar-refractivity contribution is 6.08. The Hall–Kier alpha value is -4.71. The lowest BCUT2D eigenvalue weighted by molar-refractivity contribution is -0.252. The second-order valence-corrected chi connectivity index (χ2v) is 11.5. The molecular formula is C33H36N4O8. The zero-order chi connectivity index (χ0) is 32.6. The third-order valence-electron chi connectivity index (χ3n) is 6.85. The summed E-state index contributed by atoms with van der Waals surface area (Å²) in [6, 6.07) is 20.7. The number of phenolic OH excluding ortho intramolecular Hbond substituents is 1. The van der Waals surface area contributed by atoms with Crippen LogP contribution in [0, 0.1) is 0 Å². The molecule has 3 aromatic rings. The number of carbonyl (C=O) groups is 2. The normalized spacial score (nSPS) is 21.8. The van der Waals surface area contributed by atoms with Gasteiger partial charge in [0.2, 0.25) is 12.0 Å². The number of ketones is 1. The SMILES string of the molecule is CC(C)(C)OC(=O)/C(=C/c1ccc(O)cc1)O[C@@H]1O[C@H](CN=[N+]=[N-])[C@H](O)[C@H](O)[C@H]1NCc1ccc(C(=O)c2ccccc2)cc1. The van der Waals surface area contributed by atoms with Gasteiger partial charge in [-0.3, -0.25) is 4.79 Å². The van der Waals surface area contributed by atoms with E-state index in [0.717, 1.165) is 5.56 Å². The van der Waals surface area contributed by atoms with Gasteiger partial charge in [0, 0.05) is 22.6 Å². The average Bonchev–Trinajstić information content (AvgIpc) is 3.02. The van der Waals surface area contributed by atoms with Crippen LogP contribution in [0.15, 0.2) is 89.7 Å². The maximum Gasteiger partial charge on any atom is 0.374 e. The first-order valence-electron chi connectivity index (χ1n) is 14.3. The average molecular weight is 617 g/mol. The summed E-state index contributed by atoms with van der Waals surface area (Å²) in [6.45, 7) is 4.95. The van der Waals surface area contributed by atoms with Crippen molar-refractivity contribution in [3.63, 3.8) is 0 Å². The third kappa shape index (κ3) is 9.15. The lowest BCUT2D eigenvalue weighted by Crippen LogP contribution is -2.63. The van der Waals surface area contributed by atoms with Gasteiger partial charge in [-0.05, 0) is 55.6 Å². The zero-order valence-corrected chi connectivity index (χ0v) is 25.1. The maximum absolute atomic E-state index is 13.2. The van der Waals surface area contributed by atoms with Crippen LogP contribution in [0.25, 0.3) is 16.5 Å². The molecule has 0 saturated carbocycles. The molecule has 0 unspecified atom stereocenters. The highest BCUT2D eigenvalue weighted by atomic mass is 16.7. The largest absolute Gasteiger partial charge is 0.508 e. The summed E-state index contributed by atoms with van der Waals surface area (Å²) in [5, 5.41) is 38.2. The maximum atomic E-state index is 13.2. The van der Waals surface area contributed by atoms with Crippen molar-refractivity contribution in [3.05, 3.63) is 117 Å². The number of azide groups is 1. The quantitative estimate of drug-likeness (QED) is 0.0466. The van der Waals surface area contributed by atoms with Crippen molar-refractivity contribution in [2.24, 2.45) is 5.11 Å². The molecule has 45 heavy (non-hydrogen) atoms. The second-order valence-electron chi connectivity index (χ2n) is 11.5. The summed E-state index contributed by atoms with van der Waals surface area (Å²) in [5.41, 5.74) is 10.3. The van der Waals surface area contributed by atoms with Gasteiger partial charge in [-0.2, -0.15) is 0 Å². The molecule has 0 spiro atoms. The summed E-state index contributed by atoms with van der Waals surface area (Å²) in [5.74, 6) is -1.17. The molecule has 1 aliphatic rings. The molecule has 1 aliphatic heterocycles. The number of hydrogen-bond donors (Lipinski definition) is 4. The molecule has 12 nitrogen and oxygen atoms in total. The first-order valence-corrected chi connectivity index (χ1v) is 14.3. The minimum absolute atomic E-state index is 0.0298. The van der Waals surface area contributed by atoms with Crippen LogP contribution in [-0.2, 0) is 25.5 Å². The Balaban J connectivity index is 1.58. The molecular weight excluding hydrogens is 580 g/mol. The lowest BCUT2D eigenvalue weighted by atomic mass is 9.96. The number of phenols is 1. The number of rotatable bonds is 11. The van der Waals surface area contributed by atoms with E-state index < -0.39 is 42.2 Å². The molecule has 5 atom stereocenters. The highest BCUT2D eigenvalue weighted by Gasteiger charge is 2.46. The summed E-state index contributed by atoms with van der Waals surface area (Å²) in [6.07, 6.45) is -4.01. The molecule has 12 heteroatoms. The van der Waals surface area contributed by atoms with Crippen LogP contribution in [-0.4, -0.2) is 69.9 Å². The van der Waals surface area contributed by atoms with Crippen LogP contribution in [0.3, 0.4) is 0 Å². The smallest absolute Gasteiger partial charge is 0.374 e. The Labute approximate surface area is 260 Å². The van der Waals surface area contributed by atoms with Gasteiger partial charge in [0.15, 0.2) is 5.78 Å². The summed E-state index contributed by atoms with van der Waals surface area (Å²) in [7, 11) is 0. The van der Waals surface area contributed by atoms with E-state index in [1.54, 1.807) is 81.4 Å². The number of aliphatic hydroxyl groups is 2. The van der Waals surface area contributed by atoms with Crippen molar-refractivity contribution in [2.75, 3.05) is 6.54 Å². The van der Waals surface area contributed by atoms with Crippen molar-refractivity contribution in [1.82, 2.24) is 5.32 Å². The van der Waals surface area contributed by atoms with Gasteiger partial charge in [0.25, 0.3) is 0 Å². The number of nitrogens with zero attached hydrogens (tertiary/aromatic N) is 3. The number of nitrogens with one attached hydrogen (secondary N) is 1. The van der Waals surface area contributed by atoms with E-state index in [1.165, 1.54) is 18.2 Å². The number of hydrogen-bond acceptors (Lipinski definition) is 10. The van der Waals surface area contributed by atoms with E-state index >= 15 is 0 Å². The summed E-state index contributed by atoms with van der Waals surface area (Å²) < 4.78 is 17.5. The van der Waals surface area contributed by atoms with Crippen LogP contribution in [0.1, 0.15) is 47.8 Å². The van der Waals surface area contributed by atoms with Gasteiger partial charge >= 0.3 is 5.97 Å². The fraction of sp³-hybridized carbons (Fsp3) is 0.333. The zero-order valence-electron chi connectivity index (χ0n) is 25.1. The Morgan fingerprint density at radius 3 is 2.24 bits per heavy atom. The van der Waals surface area contributed by atoms with Gasteiger partial charge in [0.1, 0.15) is 23.6 Å². The molecule has 0 amide bonds. The van der Waals surface area contributed by atoms with E-state index in [9.17, 15) is 24.9 Å². The standard InChI is InChI=1S/C33H36N4O8/c1-33(2,3)45-31(42)25(17-20-11-15-24(38)16-12-20)43-32-27(30(41)29(40)26(44-32)19-36-37-34)35-18-21-9-13-23(14-10-21)28(39)22-7-5-4-6-8-22/h4-17,26-27,29-30,32,35,38,40-41H,18-19H2,1-3H3/b25-17-/t26-,27-,29+,30-,32-/m1/s1. The van der Waals surface area contributed by atoms with Gasteiger partial charge in [-0.1, -0.05) is 71.8 Å². The molecule has 3 aromatic carbocycles. The lowest BCUT2D eigenvalue weighted by Gasteiger charge is -2.42. The van der Waals surface area contributed by atoms with E-state index in [2.05, 4.69) is 15.3 Å². The van der Waals surface area contributed by atoms with E-state index in [-0.39, 0.29) is 30.4 Å². The van der Waals surface area contributed by atoms with Crippen LogP contribution in [0.4, 0.5) is 0 Å². The van der Waals surface area contributed by atoms with Crippen molar-refractivity contribution in [1.29, 1.82) is 0 Å². The Kier molecular flexibility index (Phi) is 10.9. The highest BCUT2D eigenvalue weighted by Crippen LogP contribution is 2.27. The van der Waals surface area contributed by atoms with Gasteiger partial charge in [0.05, 0.1) is 18.7 Å². The molecule has 4 rings (SSSR count). The Morgan fingerprint density at radius 1 is 0.978 bits per heavy atom. The number of aliphatic hydroxyl groups excluding tert-OH is 2. The predicted molar refractivity (Wildman–Crippen MR) is 165 cm³/mol. The van der Waals surface area contributed by atoms with E-state index in [4.69, 9.17) is 19.7 Å². The first-order chi connectivity index (χ1) is 21.4. The van der Waals surface area contributed by atoms with Crippen LogP contribution >= 0.6 is 0 Å². The Bertz CT molecular complexity index is 1530. The molecule has 0 aromatic heterocycles.